The van der Waals surface area contributed by atoms with Crippen molar-refractivity contribution in [3.8, 4) is 11.4 Å². The van der Waals surface area contributed by atoms with Crippen molar-refractivity contribution in [1.29, 1.82) is 0 Å². The van der Waals surface area contributed by atoms with Crippen molar-refractivity contribution < 1.29 is 4.39 Å². The van der Waals surface area contributed by atoms with E-state index in [4.69, 9.17) is 0 Å². The zero-order chi connectivity index (χ0) is 14.7. The van der Waals surface area contributed by atoms with Gasteiger partial charge in [0.1, 0.15) is 5.82 Å². The highest BCUT2D eigenvalue weighted by Gasteiger charge is 2.07. The Hall–Kier alpha value is -2.21. The molecule has 0 unspecified atom stereocenters. The van der Waals surface area contributed by atoms with Crippen molar-refractivity contribution >= 4 is 11.8 Å². The molecule has 2 aromatic carbocycles. The van der Waals surface area contributed by atoms with Crippen molar-refractivity contribution in [1.82, 2.24) is 20.2 Å². The van der Waals surface area contributed by atoms with Crippen LogP contribution in [0, 0.1) is 5.82 Å². The van der Waals surface area contributed by atoms with Gasteiger partial charge in [0.05, 0.1) is 6.54 Å². The third-order valence-corrected chi connectivity index (χ3v) is 3.76. The van der Waals surface area contributed by atoms with E-state index in [1.807, 2.05) is 18.4 Å². The number of aromatic nitrogens is 4. The average Bonchev–Trinajstić information content (AvgIpc) is 2.97. The highest BCUT2D eigenvalue weighted by atomic mass is 32.2. The van der Waals surface area contributed by atoms with Gasteiger partial charge in [0.2, 0.25) is 5.82 Å². The predicted octanol–water partition coefficient (Wildman–Crippen LogP) is 3.25. The molecule has 6 heteroatoms. The Balaban J connectivity index is 1.78. The number of hydrogen-bond acceptors (Lipinski definition) is 4. The number of thioether (sulfide) groups is 1. The van der Waals surface area contributed by atoms with Gasteiger partial charge in [-0.15, -0.1) is 22.0 Å². The molecule has 0 bridgehead atoms. The molecule has 1 heterocycles. The molecule has 0 radical (unpaired) electrons. The first-order valence-electron chi connectivity index (χ1n) is 6.41. The fourth-order valence-corrected chi connectivity index (χ4v) is 2.36. The summed E-state index contributed by atoms with van der Waals surface area (Å²) in [6.45, 7) is 0.539. The molecule has 0 aliphatic heterocycles. The maximum atomic E-state index is 13.2. The van der Waals surface area contributed by atoms with Crippen LogP contribution in [0.1, 0.15) is 5.56 Å². The lowest BCUT2D eigenvalue weighted by atomic mass is 10.2. The van der Waals surface area contributed by atoms with Crippen LogP contribution in [0.2, 0.25) is 0 Å². The predicted molar refractivity (Wildman–Crippen MR) is 80.5 cm³/mol. The maximum absolute atomic E-state index is 13.2. The number of halogens is 1. The second kappa shape index (κ2) is 6.05. The second-order valence-electron chi connectivity index (χ2n) is 4.50. The minimum Gasteiger partial charge on any atom is -0.207 e. The van der Waals surface area contributed by atoms with Gasteiger partial charge in [-0.25, -0.2) is 4.39 Å². The molecular formula is C15H13FN4S. The van der Waals surface area contributed by atoms with Gasteiger partial charge in [0.25, 0.3) is 0 Å². The fraction of sp³-hybridized carbons (Fsp3) is 0.133. The van der Waals surface area contributed by atoms with E-state index < -0.39 is 0 Å². The van der Waals surface area contributed by atoms with Crippen LogP contribution in [-0.2, 0) is 6.54 Å². The van der Waals surface area contributed by atoms with E-state index in [0.29, 0.717) is 17.9 Å². The van der Waals surface area contributed by atoms with Crippen molar-refractivity contribution in [2.75, 3.05) is 6.26 Å². The summed E-state index contributed by atoms with van der Waals surface area (Å²) < 4.78 is 13.2. The number of hydrogen-bond donors (Lipinski definition) is 0. The quantitative estimate of drug-likeness (QED) is 0.694. The molecule has 0 amide bonds. The minimum atomic E-state index is -0.309. The molecule has 1 aromatic heterocycles. The third-order valence-electron chi connectivity index (χ3n) is 3.02. The molecule has 0 saturated carbocycles. The molecule has 3 rings (SSSR count). The standard InChI is InChI=1S/C15H13FN4S/c1-21-14-7-5-11(6-8-14)10-20-18-15(17-19-20)12-3-2-4-13(16)9-12/h2-9H,10H2,1H3. The van der Waals surface area contributed by atoms with Gasteiger partial charge in [-0.2, -0.15) is 4.80 Å². The summed E-state index contributed by atoms with van der Waals surface area (Å²) in [5, 5.41) is 12.3. The van der Waals surface area contributed by atoms with Crippen LogP contribution in [0.4, 0.5) is 4.39 Å². The first-order valence-corrected chi connectivity index (χ1v) is 7.64. The Morgan fingerprint density at radius 1 is 1.14 bits per heavy atom. The van der Waals surface area contributed by atoms with E-state index in [2.05, 4.69) is 27.5 Å². The highest BCUT2D eigenvalue weighted by Crippen LogP contribution is 2.16. The average molecular weight is 300 g/mol. The molecule has 3 aromatic rings. The van der Waals surface area contributed by atoms with Crippen LogP contribution in [-0.4, -0.2) is 26.5 Å². The number of benzene rings is 2. The Bertz CT molecular complexity index is 739. The Labute approximate surface area is 126 Å². The van der Waals surface area contributed by atoms with Crippen LogP contribution < -0.4 is 0 Å². The molecule has 106 valence electrons. The van der Waals surface area contributed by atoms with Crippen LogP contribution in [0.5, 0.6) is 0 Å². The fourth-order valence-electron chi connectivity index (χ4n) is 1.95. The Morgan fingerprint density at radius 3 is 2.67 bits per heavy atom. The molecule has 0 spiro atoms. The van der Waals surface area contributed by atoms with E-state index in [1.165, 1.54) is 21.8 Å². The molecule has 21 heavy (non-hydrogen) atoms. The van der Waals surface area contributed by atoms with Gasteiger partial charge in [-0.05, 0) is 41.3 Å². The van der Waals surface area contributed by atoms with E-state index in [-0.39, 0.29) is 5.82 Å². The van der Waals surface area contributed by atoms with Crippen molar-refractivity contribution in [2.24, 2.45) is 0 Å². The molecule has 4 nitrogen and oxygen atoms in total. The number of tetrazole rings is 1. The van der Waals surface area contributed by atoms with Crippen LogP contribution in [0.3, 0.4) is 0 Å². The van der Waals surface area contributed by atoms with Crippen LogP contribution in [0.15, 0.2) is 53.4 Å². The van der Waals surface area contributed by atoms with Gasteiger partial charge in [0.15, 0.2) is 0 Å². The Kier molecular flexibility index (Phi) is 3.96. The summed E-state index contributed by atoms with van der Waals surface area (Å²) in [4.78, 5) is 2.72. The lowest BCUT2D eigenvalue weighted by Gasteiger charge is -2.01. The van der Waals surface area contributed by atoms with Gasteiger partial charge in [-0.3, -0.25) is 0 Å². The zero-order valence-corrected chi connectivity index (χ0v) is 12.2. The summed E-state index contributed by atoms with van der Waals surface area (Å²) in [5.41, 5.74) is 1.72. The number of rotatable bonds is 4. The first kappa shape index (κ1) is 13.8. The van der Waals surface area contributed by atoms with Gasteiger partial charge in [-0.1, -0.05) is 24.3 Å². The summed E-state index contributed by atoms with van der Waals surface area (Å²) in [6, 6.07) is 14.4. The summed E-state index contributed by atoms with van der Waals surface area (Å²) in [7, 11) is 0. The monoisotopic (exact) mass is 300 g/mol. The molecule has 0 aliphatic carbocycles. The SMILES string of the molecule is CSc1ccc(Cn2nnc(-c3cccc(F)c3)n2)cc1. The highest BCUT2D eigenvalue weighted by molar-refractivity contribution is 7.98. The maximum Gasteiger partial charge on any atom is 0.205 e. The van der Waals surface area contributed by atoms with Gasteiger partial charge in [0, 0.05) is 10.5 Å². The summed E-state index contributed by atoms with van der Waals surface area (Å²) in [5.74, 6) is 0.117. The van der Waals surface area contributed by atoms with Gasteiger partial charge < -0.3 is 0 Å². The topological polar surface area (TPSA) is 43.6 Å². The first-order chi connectivity index (χ1) is 10.2. The van der Waals surface area contributed by atoms with Crippen LogP contribution >= 0.6 is 11.8 Å². The molecule has 0 fully saturated rings. The molecule has 0 atom stereocenters. The molecule has 0 aliphatic rings. The smallest absolute Gasteiger partial charge is 0.205 e. The van der Waals surface area contributed by atoms with E-state index in [0.717, 1.165) is 5.56 Å². The second-order valence-corrected chi connectivity index (χ2v) is 5.38. The minimum absolute atomic E-state index is 0.309. The van der Waals surface area contributed by atoms with Crippen LogP contribution in [0.25, 0.3) is 11.4 Å². The third kappa shape index (κ3) is 3.28. The normalized spacial score (nSPS) is 10.8. The lowest BCUT2D eigenvalue weighted by molar-refractivity contribution is 0.572. The van der Waals surface area contributed by atoms with Crippen molar-refractivity contribution in [2.45, 2.75) is 11.4 Å². The lowest BCUT2D eigenvalue weighted by Crippen LogP contribution is -2.03. The van der Waals surface area contributed by atoms with E-state index in [9.17, 15) is 4.39 Å². The largest absolute Gasteiger partial charge is 0.207 e. The summed E-state index contributed by atoms with van der Waals surface area (Å²) >= 11 is 1.70. The van der Waals surface area contributed by atoms with Crippen molar-refractivity contribution in [3.63, 3.8) is 0 Å². The molecule has 0 N–H and O–H groups in total. The van der Waals surface area contributed by atoms with Crippen molar-refractivity contribution in [3.05, 3.63) is 59.9 Å². The Morgan fingerprint density at radius 2 is 1.95 bits per heavy atom. The summed E-state index contributed by atoms with van der Waals surface area (Å²) in [6.07, 6.45) is 2.04. The zero-order valence-electron chi connectivity index (χ0n) is 11.4. The van der Waals surface area contributed by atoms with E-state index >= 15 is 0 Å². The number of nitrogens with zero attached hydrogens (tertiary/aromatic N) is 4. The van der Waals surface area contributed by atoms with Gasteiger partial charge >= 0.3 is 0 Å². The molecule has 0 saturated heterocycles. The van der Waals surface area contributed by atoms with E-state index in [1.54, 1.807) is 23.9 Å². The molecular weight excluding hydrogens is 287 g/mol.